The molecule has 1 aromatic rings. The molecule has 0 N–H and O–H groups in total. The molecule has 4 saturated carbocycles. The predicted molar refractivity (Wildman–Crippen MR) is 82.0 cm³/mol. The third-order valence-electron chi connectivity index (χ3n) is 5.39. The third-order valence-corrected chi connectivity index (χ3v) is 7.86. The van der Waals surface area contributed by atoms with E-state index in [4.69, 9.17) is 11.6 Å². The summed E-state index contributed by atoms with van der Waals surface area (Å²) in [7, 11) is 0. The number of thiophene rings is 1. The first-order chi connectivity index (χ1) is 9.06. The van der Waals surface area contributed by atoms with E-state index >= 15 is 0 Å². The van der Waals surface area contributed by atoms with Crippen molar-refractivity contribution < 1.29 is 4.79 Å². The lowest BCUT2D eigenvalue weighted by Crippen LogP contribution is -2.49. The Balaban J connectivity index is 1.69. The van der Waals surface area contributed by atoms with E-state index in [2.05, 4.69) is 15.9 Å². The maximum Gasteiger partial charge on any atom is 0.179 e. The van der Waals surface area contributed by atoms with Crippen LogP contribution in [0, 0.1) is 23.2 Å². The summed E-state index contributed by atoms with van der Waals surface area (Å²) in [6, 6.07) is 1.92. The Morgan fingerprint density at radius 2 is 1.74 bits per heavy atom. The molecule has 4 aliphatic rings. The minimum atomic E-state index is -0.0393. The standard InChI is InChI=1S/C15H16BrClOS/c16-11-4-12(19-14(11)17)13(18)15-5-8-1-9(6-15)3-10(2-8)7-15/h4,8-10H,1-3,5-7H2. The van der Waals surface area contributed by atoms with Crippen molar-refractivity contribution in [2.75, 3.05) is 0 Å². The van der Waals surface area contributed by atoms with Crippen molar-refractivity contribution in [3.05, 3.63) is 19.8 Å². The number of rotatable bonds is 2. The van der Waals surface area contributed by atoms with E-state index < -0.39 is 0 Å². The minimum Gasteiger partial charge on any atom is -0.293 e. The maximum absolute atomic E-state index is 13.0. The Hall–Kier alpha value is 0.140. The Kier molecular flexibility index (Phi) is 2.92. The second kappa shape index (κ2) is 4.32. The molecule has 0 aromatic carbocycles. The molecule has 0 unspecified atom stereocenters. The van der Waals surface area contributed by atoms with Crippen molar-refractivity contribution in [1.29, 1.82) is 0 Å². The van der Waals surface area contributed by atoms with Gasteiger partial charge in [0.2, 0.25) is 0 Å². The summed E-state index contributed by atoms with van der Waals surface area (Å²) in [5.74, 6) is 2.82. The zero-order valence-electron chi connectivity index (χ0n) is 10.6. The first kappa shape index (κ1) is 12.8. The molecule has 0 radical (unpaired) electrons. The lowest BCUT2D eigenvalue weighted by atomic mass is 9.48. The van der Waals surface area contributed by atoms with E-state index in [0.29, 0.717) is 10.1 Å². The van der Waals surface area contributed by atoms with Gasteiger partial charge in [-0.25, -0.2) is 0 Å². The van der Waals surface area contributed by atoms with Crippen molar-refractivity contribution >= 4 is 44.7 Å². The van der Waals surface area contributed by atoms with Crippen LogP contribution in [0.5, 0.6) is 0 Å². The largest absolute Gasteiger partial charge is 0.293 e. The zero-order valence-corrected chi connectivity index (χ0v) is 13.8. The highest BCUT2D eigenvalue weighted by molar-refractivity contribution is 9.10. The van der Waals surface area contributed by atoms with Crippen molar-refractivity contribution in [2.24, 2.45) is 23.2 Å². The molecule has 1 nitrogen and oxygen atoms in total. The van der Waals surface area contributed by atoms with Crippen molar-refractivity contribution in [2.45, 2.75) is 38.5 Å². The molecule has 4 bridgehead atoms. The van der Waals surface area contributed by atoms with Gasteiger partial charge in [-0.2, -0.15) is 0 Å². The van der Waals surface area contributed by atoms with Crippen LogP contribution < -0.4 is 0 Å². The summed E-state index contributed by atoms with van der Waals surface area (Å²) in [5.41, 5.74) is -0.0393. The Morgan fingerprint density at radius 1 is 1.21 bits per heavy atom. The van der Waals surface area contributed by atoms with Crippen LogP contribution in [0.15, 0.2) is 10.5 Å². The fraction of sp³-hybridized carbons (Fsp3) is 0.667. The number of carbonyl (C=O) groups excluding carboxylic acids is 1. The van der Waals surface area contributed by atoms with Crippen LogP contribution in [-0.4, -0.2) is 5.78 Å². The maximum atomic E-state index is 13.0. The SMILES string of the molecule is O=C(c1cc(Br)c(Cl)s1)C12CC3CC(CC(C3)C1)C2. The molecule has 0 aliphatic heterocycles. The van der Waals surface area contributed by atoms with Crippen molar-refractivity contribution in [3.63, 3.8) is 0 Å². The average Bonchev–Trinajstić information content (AvgIpc) is 2.67. The molecular formula is C15H16BrClOS. The van der Waals surface area contributed by atoms with Gasteiger partial charge in [0.15, 0.2) is 5.78 Å². The number of hydrogen-bond donors (Lipinski definition) is 0. The van der Waals surface area contributed by atoms with Crippen LogP contribution in [0.4, 0.5) is 0 Å². The molecule has 4 aliphatic carbocycles. The number of ketones is 1. The Morgan fingerprint density at radius 3 is 2.16 bits per heavy atom. The van der Waals surface area contributed by atoms with Crippen LogP contribution >= 0.6 is 38.9 Å². The average molecular weight is 360 g/mol. The smallest absolute Gasteiger partial charge is 0.179 e. The number of Topliss-reactive ketones (excluding diaryl/α,β-unsaturated/α-hetero) is 1. The monoisotopic (exact) mass is 358 g/mol. The van der Waals surface area contributed by atoms with Gasteiger partial charge in [-0.15, -0.1) is 11.3 Å². The molecular weight excluding hydrogens is 344 g/mol. The molecule has 19 heavy (non-hydrogen) atoms. The van der Waals surface area contributed by atoms with Crippen LogP contribution in [0.25, 0.3) is 0 Å². The van der Waals surface area contributed by atoms with Gasteiger partial charge in [-0.05, 0) is 78.3 Å². The summed E-state index contributed by atoms with van der Waals surface area (Å²) in [4.78, 5) is 13.9. The first-order valence-electron chi connectivity index (χ1n) is 7.05. The Bertz CT molecular complexity index is 496. The normalized spacial score (nSPS) is 39.8. The predicted octanol–water partition coefficient (Wildman–Crippen LogP) is 5.56. The van der Waals surface area contributed by atoms with Crippen LogP contribution in [0.2, 0.25) is 4.34 Å². The van der Waals surface area contributed by atoms with Gasteiger partial charge >= 0.3 is 0 Å². The van der Waals surface area contributed by atoms with Crippen molar-refractivity contribution in [1.82, 2.24) is 0 Å². The van der Waals surface area contributed by atoms with Gasteiger partial charge in [0, 0.05) is 9.89 Å². The first-order valence-corrected chi connectivity index (χ1v) is 9.04. The van der Waals surface area contributed by atoms with Crippen LogP contribution in [0.3, 0.4) is 0 Å². The molecule has 102 valence electrons. The number of halogens is 2. The summed E-state index contributed by atoms with van der Waals surface area (Å²) >= 11 is 11.0. The second-order valence-corrected chi connectivity index (χ2v) is 9.27. The minimum absolute atomic E-state index is 0.0393. The number of hydrogen-bond acceptors (Lipinski definition) is 2. The van der Waals surface area contributed by atoms with E-state index in [0.717, 1.165) is 46.4 Å². The van der Waals surface area contributed by atoms with Crippen LogP contribution in [0.1, 0.15) is 48.2 Å². The molecule has 4 fully saturated rings. The van der Waals surface area contributed by atoms with Gasteiger partial charge in [-0.3, -0.25) is 4.79 Å². The highest BCUT2D eigenvalue weighted by atomic mass is 79.9. The van der Waals surface area contributed by atoms with Gasteiger partial charge < -0.3 is 0 Å². The molecule has 1 aromatic heterocycles. The van der Waals surface area contributed by atoms with Gasteiger partial charge in [-0.1, -0.05) is 11.6 Å². The fourth-order valence-corrected chi connectivity index (χ4v) is 6.87. The highest BCUT2D eigenvalue weighted by Gasteiger charge is 2.54. The summed E-state index contributed by atoms with van der Waals surface area (Å²) in [5, 5.41) is 0. The molecule has 4 heteroatoms. The van der Waals surface area contributed by atoms with Crippen molar-refractivity contribution in [3.8, 4) is 0 Å². The lowest BCUT2D eigenvalue weighted by molar-refractivity contribution is -0.0350. The van der Waals surface area contributed by atoms with E-state index in [1.165, 1.54) is 30.6 Å². The third kappa shape index (κ3) is 1.96. The fourth-order valence-electron chi connectivity index (χ4n) is 5.11. The van der Waals surface area contributed by atoms with E-state index in [-0.39, 0.29) is 5.41 Å². The topological polar surface area (TPSA) is 17.1 Å². The van der Waals surface area contributed by atoms with Gasteiger partial charge in [0.25, 0.3) is 0 Å². The summed E-state index contributed by atoms with van der Waals surface area (Å²) in [6.07, 6.45) is 7.52. The summed E-state index contributed by atoms with van der Waals surface area (Å²) < 4.78 is 1.57. The van der Waals surface area contributed by atoms with Gasteiger partial charge in [0.1, 0.15) is 4.34 Å². The quantitative estimate of drug-likeness (QED) is 0.631. The molecule has 0 atom stereocenters. The molecule has 0 spiro atoms. The second-order valence-electron chi connectivity index (χ2n) is 6.76. The Labute approximate surface area is 130 Å². The summed E-state index contributed by atoms with van der Waals surface area (Å²) in [6.45, 7) is 0. The highest BCUT2D eigenvalue weighted by Crippen LogP contribution is 2.61. The molecule has 5 rings (SSSR count). The lowest BCUT2D eigenvalue weighted by Gasteiger charge is -2.55. The van der Waals surface area contributed by atoms with Crippen LogP contribution in [-0.2, 0) is 0 Å². The number of carbonyl (C=O) groups is 1. The molecule has 0 amide bonds. The van der Waals surface area contributed by atoms with Gasteiger partial charge in [0.05, 0.1) is 4.88 Å². The van der Waals surface area contributed by atoms with E-state index in [1.54, 1.807) is 0 Å². The van der Waals surface area contributed by atoms with E-state index in [1.807, 2.05) is 6.07 Å². The van der Waals surface area contributed by atoms with E-state index in [9.17, 15) is 4.79 Å². The zero-order chi connectivity index (χ0) is 13.2. The molecule has 0 saturated heterocycles. The molecule has 1 heterocycles.